The Morgan fingerprint density at radius 1 is 1.39 bits per heavy atom. The second kappa shape index (κ2) is 6.73. The van der Waals surface area contributed by atoms with Crippen LogP contribution >= 0.6 is 23.4 Å². The third-order valence-corrected chi connectivity index (χ3v) is 5.05. The Kier molecular flexibility index (Phi) is 4.87. The Balaban J connectivity index is 2.04. The van der Waals surface area contributed by atoms with Gasteiger partial charge in [-0.2, -0.15) is 0 Å². The van der Waals surface area contributed by atoms with Crippen molar-refractivity contribution >= 4 is 23.4 Å². The van der Waals surface area contributed by atoms with Gasteiger partial charge in [0.05, 0.1) is 18.0 Å². The molecule has 0 spiro atoms. The van der Waals surface area contributed by atoms with E-state index in [9.17, 15) is 10.2 Å². The Hall–Kier alpha value is -1.21. The molecule has 2 heterocycles. The highest BCUT2D eigenvalue weighted by Crippen LogP contribution is 2.37. The molecule has 1 unspecified atom stereocenters. The predicted octanol–water partition coefficient (Wildman–Crippen LogP) is 2.51. The molecule has 122 valence electrons. The molecular formula is C16H18ClN3O2S. The van der Waals surface area contributed by atoms with Crippen LogP contribution in [0, 0.1) is 0 Å². The fourth-order valence-electron chi connectivity index (χ4n) is 3.07. The van der Waals surface area contributed by atoms with E-state index in [0.717, 1.165) is 18.4 Å². The summed E-state index contributed by atoms with van der Waals surface area (Å²) in [6.45, 7) is -0.256. The Morgan fingerprint density at radius 3 is 2.96 bits per heavy atom. The summed E-state index contributed by atoms with van der Waals surface area (Å²) in [7, 11) is 0. The van der Waals surface area contributed by atoms with Crippen LogP contribution in [0.1, 0.15) is 35.4 Å². The van der Waals surface area contributed by atoms with Crippen LogP contribution in [0.25, 0.3) is 0 Å². The van der Waals surface area contributed by atoms with E-state index >= 15 is 0 Å². The van der Waals surface area contributed by atoms with Gasteiger partial charge in [-0.1, -0.05) is 29.4 Å². The summed E-state index contributed by atoms with van der Waals surface area (Å²) in [6.07, 6.45) is 6.24. The lowest BCUT2D eigenvalue weighted by molar-refractivity contribution is 0.0129. The predicted molar refractivity (Wildman–Crippen MR) is 89.5 cm³/mol. The molecule has 0 radical (unpaired) electrons. The van der Waals surface area contributed by atoms with Gasteiger partial charge in [-0.05, 0) is 37.1 Å². The largest absolute Gasteiger partial charge is 0.391 e. The van der Waals surface area contributed by atoms with Crippen molar-refractivity contribution in [3.63, 3.8) is 0 Å². The Labute approximate surface area is 144 Å². The first-order chi connectivity index (χ1) is 11.1. The van der Waals surface area contributed by atoms with Crippen LogP contribution in [0.15, 0.2) is 23.5 Å². The lowest BCUT2D eigenvalue weighted by Gasteiger charge is -2.33. The van der Waals surface area contributed by atoms with E-state index in [-0.39, 0.29) is 18.2 Å². The average Bonchev–Trinajstić information content (AvgIpc) is 2.55. The van der Waals surface area contributed by atoms with Crippen molar-refractivity contribution in [2.75, 3.05) is 6.26 Å². The van der Waals surface area contributed by atoms with Crippen LogP contribution in [-0.2, 0) is 25.0 Å². The first-order valence-corrected chi connectivity index (χ1v) is 9.04. The van der Waals surface area contributed by atoms with E-state index in [1.165, 1.54) is 11.8 Å². The summed E-state index contributed by atoms with van der Waals surface area (Å²) >= 11 is 7.53. The first kappa shape index (κ1) is 16.6. The third-order valence-electron chi connectivity index (χ3n) is 4.19. The van der Waals surface area contributed by atoms with Gasteiger partial charge in [-0.3, -0.25) is 4.98 Å². The SMILES string of the molecule is CSc1nc(Cl)c(CO)c(CC2(O)CCCc3cccnc32)n1. The van der Waals surface area contributed by atoms with Crippen LogP contribution in [0.4, 0.5) is 0 Å². The molecule has 3 rings (SSSR count). The summed E-state index contributed by atoms with van der Waals surface area (Å²) in [5.41, 5.74) is 1.73. The number of aliphatic hydroxyl groups is 2. The molecule has 0 saturated heterocycles. The number of aryl methyl sites for hydroxylation is 1. The van der Waals surface area contributed by atoms with E-state index in [1.54, 1.807) is 6.20 Å². The summed E-state index contributed by atoms with van der Waals surface area (Å²) in [6, 6.07) is 3.89. The van der Waals surface area contributed by atoms with Gasteiger partial charge in [0.1, 0.15) is 10.8 Å². The van der Waals surface area contributed by atoms with E-state index in [4.69, 9.17) is 11.6 Å². The molecule has 0 aromatic carbocycles. The number of hydrogen-bond donors (Lipinski definition) is 2. The number of hydrogen-bond acceptors (Lipinski definition) is 6. The van der Waals surface area contributed by atoms with Crippen LogP contribution in [0.2, 0.25) is 5.15 Å². The summed E-state index contributed by atoms with van der Waals surface area (Å²) in [5.74, 6) is 0. The quantitative estimate of drug-likeness (QED) is 0.500. The van der Waals surface area contributed by atoms with Crippen molar-refractivity contribution in [1.29, 1.82) is 0 Å². The molecule has 0 amide bonds. The number of aliphatic hydroxyl groups excluding tert-OH is 1. The van der Waals surface area contributed by atoms with Gasteiger partial charge in [0.15, 0.2) is 5.16 Å². The van der Waals surface area contributed by atoms with Crippen LogP contribution in [-0.4, -0.2) is 31.4 Å². The van der Waals surface area contributed by atoms with Gasteiger partial charge in [0, 0.05) is 18.2 Å². The molecule has 1 atom stereocenters. The van der Waals surface area contributed by atoms with Gasteiger partial charge in [-0.25, -0.2) is 9.97 Å². The molecule has 1 aliphatic carbocycles. The van der Waals surface area contributed by atoms with E-state index < -0.39 is 5.60 Å². The number of halogens is 1. The lowest BCUT2D eigenvalue weighted by Crippen LogP contribution is -2.35. The van der Waals surface area contributed by atoms with Gasteiger partial charge in [0.2, 0.25) is 0 Å². The van der Waals surface area contributed by atoms with Gasteiger partial charge >= 0.3 is 0 Å². The van der Waals surface area contributed by atoms with Crippen LogP contribution in [0.5, 0.6) is 0 Å². The minimum Gasteiger partial charge on any atom is -0.391 e. The zero-order valence-corrected chi connectivity index (χ0v) is 14.4. The van der Waals surface area contributed by atoms with Gasteiger partial charge in [-0.15, -0.1) is 0 Å². The van der Waals surface area contributed by atoms with Crippen molar-refractivity contribution in [1.82, 2.24) is 15.0 Å². The number of pyridine rings is 1. The molecule has 2 N–H and O–H groups in total. The standard InChI is InChI=1S/C16H18ClN3O2S/c1-23-15-19-12(11(9-21)14(17)20-15)8-16(22)6-2-4-10-5-3-7-18-13(10)16/h3,5,7,21-22H,2,4,6,8-9H2,1H3. The molecule has 2 aromatic rings. The van der Waals surface area contributed by atoms with E-state index in [0.29, 0.717) is 28.5 Å². The summed E-state index contributed by atoms with van der Waals surface area (Å²) < 4.78 is 0. The molecule has 0 saturated carbocycles. The maximum Gasteiger partial charge on any atom is 0.188 e. The molecule has 0 aliphatic heterocycles. The smallest absolute Gasteiger partial charge is 0.188 e. The number of fused-ring (bicyclic) bond motifs is 1. The zero-order chi connectivity index (χ0) is 16.4. The Morgan fingerprint density at radius 2 is 2.22 bits per heavy atom. The number of rotatable bonds is 4. The van der Waals surface area contributed by atoms with Crippen molar-refractivity contribution in [3.8, 4) is 0 Å². The minimum absolute atomic E-state index is 0.238. The van der Waals surface area contributed by atoms with E-state index in [2.05, 4.69) is 15.0 Å². The molecule has 0 fully saturated rings. The first-order valence-electron chi connectivity index (χ1n) is 7.44. The molecule has 2 aromatic heterocycles. The second-order valence-electron chi connectivity index (χ2n) is 5.66. The number of thioether (sulfide) groups is 1. The van der Waals surface area contributed by atoms with Crippen LogP contribution < -0.4 is 0 Å². The van der Waals surface area contributed by atoms with Crippen molar-refractivity contribution in [3.05, 3.63) is 46.0 Å². The molecule has 23 heavy (non-hydrogen) atoms. The molecule has 1 aliphatic rings. The van der Waals surface area contributed by atoms with Crippen molar-refractivity contribution in [2.45, 2.75) is 43.0 Å². The van der Waals surface area contributed by atoms with Gasteiger partial charge in [0.25, 0.3) is 0 Å². The van der Waals surface area contributed by atoms with E-state index in [1.807, 2.05) is 18.4 Å². The maximum atomic E-state index is 11.2. The minimum atomic E-state index is -1.09. The highest BCUT2D eigenvalue weighted by atomic mass is 35.5. The fraction of sp³-hybridized carbons (Fsp3) is 0.438. The summed E-state index contributed by atoms with van der Waals surface area (Å²) in [5, 5.41) is 21.6. The highest BCUT2D eigenvalue weighted by molar-refractivity contribution is 7.98. The summed E-state index contributed by atoms with van der Waals surface area (Å²) in [4.78, 5) is 13.0. The average molecular weight is 352 g/mol. The molecule has 5 nitrogen and oxygen atoms in total. The maximum absolute atomic E-state index is 11.2. The lowest BCUT2D eigenvalue weighted by atomic mass is 9.79. The van der Waals surface area contributed by atoms with Crippen molar-refractivity contribution in [2.24, 2.45) is 0 Å². The normalized spacial score (nSPS) is 20.3. The van der Waals surface area contributed by atoms with Crippen molar-refractivity contribution < 1.29 is 10.2 Å². The second-order valence-corrected chi connectivity index (χ2v) is 6.79. The topological polar surface area (TPSA) is 79.1 Å². The molecular weight excluding hydrogens is 334 g/mol. The fourth-order valence-corrected chi connectivity index (χ4v) is 3.75. The number of nitrogens with zero attached hydrogens (tertiary/aromatic N) is 3. The third kappa shape index (κ3) is 3.21. The molecule has 7 heteroatoms. The van der Waals surface area contributed by atoms with Gasteiger partial charge < -0.3 is 10.2 Å². The number of aromatic nitrogens is 3. The molecule has 0 bridgehead atoms. The monoisotopic (exact) mass is 351 g/mol. The highest BCUT2D eigenvalue weighted by Gasteiger charge is 2.37. The Bertz CT molecular complexity index is 728. The zero-order valence-electron chi connectivity index (χ0n) is 12.8. The van der Waals surface area contributed by atoms with Crippen LogP contribution in [0.3, 0.4) is 0 Å².